The van der Waals surface area contributed by atoms with E-state index < -0.39 is 0 Å². The number of hydrogen-bond acceptors (Lipinski definition) is 1. The van der Waals surface area contributed by atoms with Crippen molar-refractivity contribution in [2.24, 2.45) is 0 Å². The Morgan fingerprint density at radius 1 is 1.43 bits per heavy atom. The fourth-order valence-corrected chi connectivity index (χ4v) is 1.55. The van der Waals surface area contributed by atoms with Crippen LogP contribution in [0.2, 0.25) is 0 Å². The summed E-state index contributed by atoms with van der Waals surface area (Å²) < 4.78 is 0. The lowest BCUT2D eigenvalue weighted by Crippen LogP contribution is -2.10. The van der Waals surface area contributed by atoms with Gasteiger partial charge < -0.3 is 0 Å². The van der Waals surface area contributed by atoms with Crippen molar-refractivity contribution < 1.29 is 4.79 Å². The molecule has 0 bridgehead atoms. The Balaban J connectivity index is 2.88. The first-order valence-electron chi connectivity index (χ1n) is 4.98. The van der Waals surface area contributed by atoms with E-state index in [2.05, 4.69) is 6.58 Å². The summed E-state index contributed by atoms with van der Waals surface area (Å²) in [5.74, 6) is 0.287. The summed E-state index contributed by atoms with van der Waals surface area (Å²) in [4.78, 5) is 11.7. The maximum Gasteiger partial charge on any atom is 0.140 e. The summed E-state index contributed by atoms with van der Waals surface area (Å²) in [5.41, 5.74) is 1.10. The molecule has 0 radical (unpaired) electrons. The molecule has 1 aromatic carbocycles. The fraction of sp³-hybridized carbons (Fsp3) is 0.308. The highest BCUT2D eigenvalue weighted by molar-refractivity contribution is 5.85. The molecule has 0 aliphatic heterocycles. The predicted molar refractivity (Wildman–Crippen MR) is 59.3 cm³/mol. The van der Waals surface area contributed by atoms with E-state index in [0.29, 0.717) is 6.42 Å². The summed E-state index contributed by atoms with van der Waals surface area (Å²) in [5, 5.41) is 0. The van der Waals surface area contributed by atoms with Gasteiger partial charge in [-0.15, -0.1) is 6.58 Å². The SMILES string of the molecule is C=CC[C@H](C(=O)CC)c1ccccc1. The predicted octanol–water partition coefficient (Wildman–Crippen LogP) is 3.33. The van der Waals surface area contributed by atoms with E-state index in [1.165, 1.54) is 0 Å². The van der Waals surface area contributed by atoms with E-state index in [0.717, 1.165) is 12.0 Å². The second-order valence-electron chi connectivity index (χ2n) is 3.31. The third-order valence-corrected chi connectivity index (χ3v) is 2.34. The minimum atomic E-state index is -0.00120. The molecule has 0 aliphatic carbocycles. The first-order chi connectivity index (χ1) is 6.79. The van der Waals surface area contributed by atoms with Gasteiger partial charge in [-0.3, -0.25) is 4.79 Å². The molecule has 1 atom stereocenters. The first kappa shape index (κ1) is 10.7. The molecule has 0 spiro atoms. The van der Waals surface area contributed by atoms with Gasteiger partial charge in [-0.25, -0.2) is 0 Å². The zero-order valence-corrected chi connectivity index (χ0v) is 8.57. The number of carbonyl (C=O) groups excluding carboxylic acids is 1. The van der Waals surface area contributed by atoms with Crippen molar-refractivity contribution >= 4 is 5.78 Å². The van der Waals surface area contributed by atoms with Gasteiger partial charge in [0, 0.05) is 12.3 Å². The number of rotatable bonds is 5. The number of allylic oxidation sites excluding steroid dienone is 1. The highest BCUT2D eigenvalue weighted by Gasteiger charge is 2.16. The van der Waals surface area contributed by atoms with Crippen LogP contribution in [0.15, 0.2) is 43.0 Å². The van der Waals surface area contributed by atoms with E-state index in [-0.39, 0.29) is 11.7 Å². The highest BCUT2D eigenvalue weighted by atomic mass is 16.1. The normalized spacial score (nSPS) is 12.1. The molecule has 0 saturated heterocycles. The molecule has 74 valence electrons. The zero-order chi connectivity index (χ0) is 10.4. The molecule has 1 aromatic rings. The molecule has 0 amide bonds. The van der Waals surface area contributed by atoms with Crippen molar-refractivity contribution in [2.45, 2.75) is 25.7 Å². The van der Waals surface area contributed by atoms with Gasteiger partial charge in [0.25, 0.3) is 0 Å². The summed E-state index contributed by atoms with van der Waals surface area (Å²) in [6, 6.07) is 9.90. The van der Waals surface area contributed by atoms with Gasteiger partial charge in [-0.1, -0.05) is 43.3 Å². The van der Waals surface area contributed by atoms with E-state index in [1.54, 1.807) is 0 Å². The maximum atomic E-state index is 11.7. The van der Waals surface area contributed by atoms with Gasteiger partial charge in [-0.2, -0.15) is 0 Å². The second-order valence-corrected chi connectivity index (χ2v) is 3.31. The Hall–Kier alpha value is -1.37. The van der Waals surface area contributed by atoms with E-state index in [4.69, 9.17) is 0 Å². The van der Waals surface area contributed by atoms with Gasteiger partial charge >= 0.3 is 0 Å². The topological polar surface area (TPSA) is 17.1 Å². The standard InChI is InChI=1S/C13H16O/c1-3-8-12(13(14)4-2)11-9-6-5-7-10-11/h3,5-7,9-10,12H,1,4,8H2,2H3/t12-/m0/s1. The van der Waals surface area contributed by atoms with Crippen LogP contribution in [0.25, 0.3) is 0 Å². The Morgan fingerprint density at radius 3 is 2.57 bits per heavy atom. The molecule has 1 heteroatoms. The van der Waals surface area contributed by atoms with Crippen LogP contribution in [0.4, 0.5) is 0 Å². The lowest BCUT2D eigenvalue weighted by atomic mass is 9.90. The van der Waals surface area contributed by atoms with Crippen LogP contribution >= 0.6 is 0 Å². The van der Waals surface area contributed by atoms with Crippen LogP contribution in [-0.4, -0.2) is 5.78 Å². The molecular formula is C13H16O. The molecule has 1 nitrogen and oxygen atoms in total. The van der Waals surface area contributed by atoms with Crippen molar-refractivity contribution in [1.82, 2.24) is 0 Å². The van der Waals surface area contributed by atoms with Crippen LogP contribution in [0, 0.1) is 0 Å². The Labute approximate surface area is 85.5 Å². The molecule has 0 fully saturated rings. The largest absolute Gasteiger partial charge is 0.299 e. The van der Waals surface area contributed by atoms with Gasteiger partial charge in [0.15, 0.2) is 0 Å². The summed E-state index contributed by atoms with van der Waals surface area (Å²) >= 11 is 0. The molecule has 0 aromatic heterocycles. The van der Waals surface area contributed by atoms with Crippen molar-refractivity contribution in [1.29, 1.82) is 0 Å². The minimum Gasteiger partial charge on any atom is -0.299 e. The molecule has 0 aliphatic rings. The lowest BCUT2D eigenvalue weighted by molar-refractivity contribution is -0.120. The van der Waals surface area contributed by atoms with Crippen LogP contribution in [-0.2, 0) is 4.79 Å². The number of Topliss-reactive ketones (excluding diaryl/α,β-unsaturated/α-hetero) is 1. The van der Waals surface area contributed by atoms with Crippen LogP contribution in [0.1, 0.15) is 31.2 Å². The van der Waals surface area contributed by atoms with Crippen molar-refractivity contribution in [3.8, 4) is 0 Å². The Kier molecular flexibility index (Phi) is 4.11. The Morgan fingerprint density at radius 2 is 2.07 bits per heavy atom. The van der Waals surface area contributed by atoms with Gasteiger partial charge in [0.05, 0.1) is 0 Å². The van der Waals surface area contributed by atoms with Crippen LogP contribution in [0.3, 0.4) is 0 Å². The highest BCUT2D eigenvalue weighted by Crippen LogP contribution is 2.21. The molecule has 0 unspecified atom stereocenters. The monoisotopic (exact) mass is 188 g/mol. The van der Waals surface area contributed by atoms with Gasteiger partial charge in [0.2, 0.25) is 0 Å². The summed E-state index contributed by atoms with van der Waals surface area (Å²) in [6.45, 7) is 5.59. The number of benzene rings is 1. The molecule has 1 rings (SSSR count). The third kappa shape index (κ3) is 2.56. The summed E-state index contributed by atoms with van der Waals surface area (Å²) in [6.07, 6.45) is 3.13. The zero-order valence-electron chi connectivity index (χ0n) is 8.57. The molecule has 14 heavy (non-hydrogen) atoms. The average Bonchev–Trinajstić information content (AvgIpc) is 2.26. The third-order valence-electron chi connectivity index (χ3n) is 2.34. The van der Waals surface area contributed by atoms with Crippen molar-refractivity contribution in [3.63, 3.8) is 0 Å². The van der Waals surface area contributed by atoms with E-state index >= 15 is 0 Å². The molecule has 0 saturated carbocycles. The second kappa shape index (κ2) is 5.38. The molecule has 0 N–H and O–H groups in total. The van der Waals surface area contributed by atoms with E-state index in [9.17, 15) is 4.79 Å². The van der Waals surface area contributed by atoms with Gasteiger partial charge in [-0.05, 0) is 12.0 Å². The van der Waals surface area contributed by atoms with Crippen molar-refractivity contribution in [3.05, 3.63) is 48.6 Å². The van der Waals surface area contributed by atoms with Crippen molar-refractivity contribution in [2.75, 3.05) is 0 Å². The molecular weight excluding hydrogens is 172 g/mol. The first-order valence-corrected chi connectivity index (χ1v) is 4.98. The number of hydrogen-bond donors (Lipinski definition) is 0. The van der Waals surface area contributed by atoms with E-state index in [1.807, 2.05) is 43.3 Å². The lowest BCUT2D eigenvalue weighted by Gasteiger charge is -2.12. The average molecular weight is 188 g/mol. The summed E-state index contributed by atoms with van der Waals surface area (Å²) in [7, 11) is 0. The van der Waals surface area contributed by atoms with Crippen LogP contribution in [0.5, 0.6) is 0 Å². The van der Waals surface area contributed by atoms with Crippen LogP contribution < -0.4 is 0 Å². The quantitative estimate of drug-likeness (QED) is 0.648. The minimum absolute atomic E-state index is 0.00120. The Bertz CT molecular complexity index is 300. The number of ketones is 1. The number of carbonyl (C=O) groups is 1. The van der Waals surface area contributed by atoms with Gasteiger partial charge in [0.1, 0.15) is 5.78 Å². The molecule has 0 heterocycles. The smallest absolute Gasteiger partial charge is 0.140 e. The fourth-order valence-electron chi connectivity index (χ4n) is 1.55. The maximum absolute atomic E-state index is 11.7.